The predicted molar refractivity (Wildman–Crippen MR) is 86.2 cm³/mol. The Bertz CT molecular complexity index is 698. The molecule has 22 heavy (non-hydrogen) atoms. The highest BCUT2D eigenvalue weighted by Gasteiger charge is 2.35. The number of benzene rings is 1. The number of fused-ring (bicyclic) bond motifs is 2. The van der Waals surface area contributed by atoms with E-state index in [1.165, 1.54) is 47.9 Å². The third-order valence-electron chi connectivity index (χ3n) is 4.95. The second kappa shape index (κ2) is 5.52. The molecule has 1 aliphatic carbocycles. The third-order valence-corrected chi connectivity index (χ3v) is 6.11. The summed E-state index contributed by atoms with van der Waals surface area (Å²) in [5.41, 5.74) is 4.40. The van der Waals surface area contributed by atoms with Gasteiger partial charge in [-0.3, -0.25) is 0 Å². The minimum absolute atomic E-state index is 0.205. The van der Waals surface area contributed by atoms with Crippen LogP contribution in [-0.2, 0) is 24.2 Å². The van der Waals surface area contributed by atoms with Crippen molar-refractivity contribution in [1.29, 1.82) is 0 Å². The van der Waals surface area contributed by atoms with E-state index in [2.05, 4.69) is 24.3 Å². The number of carbonyl (C=O) groups excluding carboxylic acids is 1. The van der Waals surface area contributed by atoms with Crippen molar-refractivity contribution >= 4 is 17.3 Å². The molecule has 2 unspecified atom stereocenters. The lowest BCUT2D eigenvalue weighted by molar-refractivity contribution is -0.952. The normalized spacial score (nSPS) is 23.0. The van der Waals surface area contributed by atoms with Crippen molar-refractivity contribution in [2.45, 2.75) is 38.4 Å². The summed E-state index contributed by atoms with van der Waals surface area (Å²) in [5.74, 6) is -0.205. The topological polar surface area (TPSA) is 30.7 Å². The van der Waals surface area contributed by atoms with Crippen LogP contribution in [0.3, 0.4) is 0 Å². The standard InChI is InChI=1S/C18H19NO2S/c1-21-18(20)16-9-13-10-19(11-17(13)22-16)15-8-4-6-12-5-2-3-7-14(12)15/h2-3,5,7,9,15H,4,6,8,10-11H2,1H3/p+1. The van der Waals surface area contributed by atoms with Gasteiger partial charge in [0.05, 0.1) is 12.0 Å². The van der Waals surface area contributed by atoms with Crippen LogP contribution in [0, 0.1) is 0 Å². The minimum atomic E-state index is -0.205. The summed E-state index contributed by atoms with van der Waals surface area (Å²) in [4.78, 5) is 15.4. The van der Waals surface area contributed by atoms with Gasteiger partial charge in [0.25, 0.3) is 0 Å². The van der Waals surface area contributed by atoms with Gasteiger partial charge in [-0.2, -0.15) is 0 Å². The summed E-state index contributed by atoms with van der Waals surface area (Å²) in [7, 11) is 1.45. The largest absolute Gasteiger partial charge is 0.465 e. The van der Waals surface area contributed by atoms with Gasteiger partial charge in [0, 0.05) is 17.5 Å². The van der Waals surface area contributed by atoms with E-state index in [-0.39, 0.29) is 5.97 Å². The van der Waals surface area contributed by atoms with Gasteiger partial charge in [-0.15, -0.1) is 11.3 Å². The lowest BCUT2D eigenvalue weighted by atomic mass is 9.87. The molecule has 4 heteroatoms. The van der Waals surface area contributed by atoms with Crippen molar-refractivity contribution in [2.75, 3.05) is 7.11 Å². The Kier molecular flexibility index (Phi) is 3.51. The number of hydrogen-bond acceptors (Lipinski definition) is 3. The average molecular weight is 314 g/mol. The first kappa shape index (κ1) is 14.0. The fourth-order valence-electron chi connectivity index (χ4n) is 3.90. The van der Waals surface area contributed by atoms with Crippen LogP contribution in [0.4, 0.5) is 0 Å². The molecule has 0 saturated carbocycles. The van der Waals surface area contributed by atoms with E-state index in [0.717, 1.165) is 18.0 Å². The van der Waals surface area contributed by atoms with Crippen molar-refractivity contribution in [2.24, 2.45) is 0 Å². The lowest BCUT2D eigenvalue weighted by Crippen LogP contribution is -3.08. The SMILES string of the molecule is COC(=O)c1cc2c(s1)C[NH+](C1CCCc3ccccc31)C2. The van der Waals surface area contributed by atoms with Gasteiger partial charge in [-0.25, -0.2) is 4.79 Å². The van der Waals surface area contributed by atoms with Crippen LogP contribution in [0.25, 0.3) is 0 Å². The summed E-state index contributed by atoms with van der Waals surface area (Å²) in [6, 6.07) is 11.5. The van der Waals surface area contributed by atoms with Crippen molar-refractivity contribution in [3.8, 4) is 0 Å². The van der Waals surface area contributed by atoms with Gasteiger partial charge >= 0.3 is 5.97 Å². The molecule has 2 atom stereocenters. The number of aryl methyl sites for hydroxylation is 1. The number of carbonyl (C=O) groups is 1. The van der Waals surface area contributed by atoms with Crippen LogP contribution < -0.4 is 4.90 Å². The first-order chi connectivity index (χ1) is 10.8. The van der Waals surface area contributed by atoms with Gasteiger partial charge < -0.3 is 9.64 Å². The summed E-state index contributed by atoms with van der Waals surface area (Å²) in [6.45, 7) is 2.07. The molecular weight excluding hydrogens is 294 g/mol. The molecule has 0 radical (unpaired) electrons. The molecule has 114 valence electrons. The fraction of sp³-hybridized carbons (Fsp3) is 0.389. The molecule has 1 aromatic carbocycles. The van der Waals surface area contributed by atoms with E-state index in [4.69, 9.17) is 4.74 Å². The molecule has 2 heterocycles. The number of hydrogen-bond donors (Lipinski definition) is 1. The Hall–Kier alpha value is -1.65. The number of rotatable bonds is 2. The van der Waals surface area contributed by atoms with Crippen molar-refractivity contribution in [1.82, 2.24) is 0 Å². The molecular formula is C18H20NO2S+. The average Bonchev–Trinajstić information content (AvgIpc) is 3.12. The van der Waals surface area contributed by atoms with Crippen LogP contribution in [0.5, 0.6) is 0 Å². The van der Waals surface area contributed by atoms with Crippen molar-refractivity contribution < 1.29 is 14.4 Å². The molecule has 1 aliphatic heterocycles. The van der Waals surface area contributed by atoms with E-state index in [1.54, 1.807) is 16.2 Å². The second-order valence-corrected chi connectivity index (χ2v) is 7.34. The number of esters is 1. The predicted octanol–water partition coefficient (Wildman–Crippen LogP) is 2.51. The fourth-order valence-corrected chi connectivity index (χ4v) is 5.06. The van der Waals surface area contributed by atoms with Crippen molar-refractivity contribution in [3.05, 3.63) is 56.8 Å². The monoisotopic (exact) mass is 314 g/mol. The van der Waals surface area contributed by atoms with Crippen LogP contribution >= 0.6 is 11.3 Å². The van der Waals surface area contributed by atoms with E-state index >= 15 is 0 Å². The number of quaternary nitrogens is 1. The van der Waals surface area contributed by atoms with E-state index in [1.807, 2.05) is 6.07 Å². The van der Waals surface area contributed by atoms with Crippen molar-refractivity contribution in [3.63, 3.8) is 0 Å². The number of nitrogens with one attached hydrogen (secondary N) is 1. The summed E-state index contributed by atoms with van der Waals surface area (Å²) in [6.07, 6.45) is 3.77. The second-order valence-electron chi connectivity index (χ2n) is 6.21. The third kappa shape index (κ3) is 2.27. The van der Waals surface area contributed by atoms with E-state index in [9.17, 15) is 4.79 Å². The number of methoxy groups -OCH3 is 1. The molecule has 1 N–H and O–H groups in total. The zero-order valence-electron chi connectivity index (χ0n) is 12.7. The highest BCUT2D eigenvalue weighted by molar-refractivity contribution is 7.14. The van der Waals surface area contributed by atoms with Gasteiger partial charge in [-0.1, -0.05) is 24.3 Å². The van der Waals surface area contributed by atoms with Crippen LogP contribution in [0.1, 0.15) is 50.1 Å². The molecule has 0 bridgehead atoms. The number of ether oxygens (including phenoxy) is 1. The Labute approximate surface area is 134 Å². The molecule has 3 nitrogen and oxygen atoms in total. The van der Waals surface area contributed by atoms with Gasteiger partial charge in [0.1, 0.15) is 24.0 Å². The van der Waals surface area contributed by atoms with Crippen LogP contribution in [-0.4, -0.2) is 13.1 Å². The van der Waals surface area contributed by atoms with Gasteiger partial charge in [-0.05, 0) is 24.5 Å². The van der Waals surface area contributed by atoms with Crippen LogP contribution in [0.15, 0.2) is 30.3 Å². The molecule has 0 fully saturated rings. The Morgan fingerprint density at radius 2 is 2.14 bits per heavy atom. The summed E-state index contributed by atoms with van der Waals surface area (Å²) in [5, 5.41) is 0. The zero-order chi connectivity index (χ0) is 15.1. The molecule has 0 spiro atoms. The van der Waals surface area contributed by atoms with E-state index in [0.29, 0.717) is 6.04 Å². The molecule has 2 aromatic rings. The lowest BCUT2D eigenvalue weighted by Gasteiger charge is -2.30. The van der Waals surface area contributed by atoms with E-state index < -0.39 is 0 Å². The minimum Gasteiger partial charge on any atom is -0.465 e. The molecule has 4 rings (SSSR count). The zero-order valence-corrected chi connectivity index (χ0v) is 13.5. The Balaban J connectivity index is 1.57. The molecule has 0 amide bonds. The number of thiophene rings is 1. The Morgan fingerprint density at radius 1 is 1.27 bits per heavy atom. The smallest absolute Gasteiger partial charge is 0.348 e. The highest BCUT2D eigenvalue weighted by Crippen LogP contribution is 2.31. The highest BCUT2D eigenvalue weighted by atomic mass is 32.1. The maximum atomic E-state index is 11.6. The molecule has 1 aromatic heterocycles. The Morgan fingerprint density at radius 3 is 2.95 bits per heavy atom. The first-order valence-electron chi connectivity index (χ1n) is 7.88. The van der Waals surface area contributed by atoms with Gasteiger partial charge in [0.2, 0.25) is 0 Å². The first-order valence-corrected chi connectivity index (χ1v) is 8.70. The molecule has 0 saturated heterocycles. The molecule has 2 aliphatic rings. The van der Waals surface area contributed by atoms with Crippen LogP contribution in [0.2, 0.25) is 0 Å². The maximum absolute atomic E-state index is 11.6. The van der Waals surface area contributed by atoms with Gasteiger partial charge in [0.15, 0.2) is 0 Å². The summed E-state index contributed by atoms with van der Waals surface area (Å²) >= 11 is 1.61. The quantitative estimate of drug-likeness (QED) is 0.864. The maximum Gasteiger partial charge on any atom is 0.348 e. The summed E-state index contributed by atoms with van der Waals surface area (Å²) < 4.78 is 4.83.